The van der Waals surface area contributed by atoms with E-state index in [1.54, 1.807) is 0 Å². The zero-order valence-electron chi connectivity index (χ0n) is 8.55. The largest absolute Gasteiger partial charge is 0.304 e. The maximum Gasteiger partial charge on any atom is 0.246 e. The molecule has 1 saturated heterocycles. The lowest BCUT2D eigenvalue weighted by atomic mass is 10.4. The van der Waals surface area contributed by atoms with Gasteiger partial charge in [0.15, 0.2) is 0 Å². The van der Waals surface area contributed by atoms with Crippen LogP contribution in [0.1, 0.15) is 0 Å². The third-order valence-corrected chi connectivity index (χ3v) is 4.44. The maximum atomic E-state index is 12.0. The fourth-order valence-electron chi connectivity index (χ4n) is 1.56. The van der Waals surface area contributed by atoms with E-state index < -0.39 is 10.0 Å². The van der Waals surface area contributed by atoms with E-state index in [4.69, 9.17) is 0 Å². The standard InChI is InChI=1S/C8H14N4O2S/c1-11-2-4-12(5-3-11)15(13,14)8-6-9-10-7-8/h6-7H,2-5H2,1H3,(H,9,10). The van der Waals surface area contributed by atoms with Gasteiger partial charge in [-0.3, -0.25) is 5.10 Å². The van der Waals surface area contributed by atoms with Crippen molar-refractivity contribution in [2.45, 2.75) is 4.90 Å². The first-order chi connectivity index (χ1) is 7.10. The van der Waals surface area contributed by atoms with E-state index in [0.717, 1.165) is 13.1 Å². The number of rotatable bonds is 2. The molecule has 1 N–H and O–H groups in total. The smallest absolute Gasteiger partial charge is 0.246 e. The van der Waals surface area contributed by atoms with Gasteiger partial charge in [0.05, 0.1) is 6.20 Å². The first-order valence-electron chi connectivity index (χ1n) is 4.78. The molecule has 2 heterocycles. The van der Waals surface area contributed by atoms with Gasteiger partial charge in [0.2, 0.25) is 10.0 Å². The summed E-state index contributed by atoms with van der Waals surface area (Å²) in [5, 5.41) is 6.17. The third kappa shape index (κ3) is 2.04. The second kappa shape index (κ2) is 3.92. The van der Waals surface area contributed by atoms with Gasteiger partial charge in [-0.2, -0.15) is 9.40 Å². The number of nitrogens with zero attached hydrogens (tertiary/aromatic N) is 3. The second-order valence-electron chi connectivity index (χ2n) is 3.64. The van der Waals surface area contributed by atoms with Gasteiger partial charge in [0.1, 0.15) is 4.90 Å². The second-order valence-corrected chi connectivity index (χ2v) is 5.58. The Hall–Kier alpha value is -0.920. The number of sulfonamides is 1. The van der Waals surface area contributed by atoms with Crippen LogP contribution in [0.2, 0.25) is 0 Å². The van der Waals surface area contributed by atoms with E-state index in [1.807, 2.05) is 7.05 Å². The zero-order valence-corrected chi connectivity index (χ0v) is 9.37. The van der Waals surface area contributed by atoms with Gasteiger partial charge in [0.25, 0.3) is 0 Å². The van der Waals surface area contributed by atoms with Crippen LogP contribution in [0.25, 0.3) is 0 Å². The van der Waals surface area contributed by atoms with Crippen LogP contribution in [0.5, 0.6) is 0 Å². The van der Waals surface area contributed by atoms with Crippen LogP contribution in [0.4, 0.5) is 0 Å². The molecule has 0 aromatic carbocycles. The van der Waals surface area contributed by atoms with Crippen LogP contribution in [-0.4, -0.2) is 61.0 Å². The lowest BCUT2D eigenvalue weighted by Gasteiger charge is -2.31. The van der Waals surface area contributed by atoms with Gasteiger partial charge in [0, 0.05) is 32.4 Å². The highest BCUT2D eigenvalue weighted by atomic mass is 32.2. The minimum absolute atomic E-state index is 0.243. The first kappa shape index (κ1) is 10.6. The highest BCUT2D eigenvalue weighted by Gasteiger charge is 2.27. The molecule has 1 aromatic heterocycles. The lowest BCUT2D eigenvalue weighted by molar-refractivity contribution is 0.222. The van der Waals surface area contributed by atoms with Crippen molar-refractivity contribution in [2.75, 3.05) is 33.2 Å². The van der Waals surface area contributed by atoms with Crippen molar-refractivity contribution in [3.63, 3.8) is 0 Å². The highest BCUT2D eigenvalue weighted by molar-refractivity contribution is 7.89. The molecule has 2 rings (SSSR count). The van der Waals surface area contributed by atoms with E-state index in [9.17, 15) is 8.42 Å². The molecule has 0 saturated carbocycles. The number of nitrogens with one attached hydrogen (secondary N) is 1. The number of hydrogen-bond donors (Lipinski definition) is 1. The topological polar surface area (TPSA) is 69.3 Å². The van der Waals surface area contributed by atoms with Gasteiger partial charge in [-0.15, -0.1) is 0 Å². The number of piperazine rings is 1. The van der Waals surface area contributed by atoms with Gasteiger partial charge < -0.3 is 4.90 Å². The van der Waals surface area contributed by atoms with E-state index in [0.29, 0.717) is 13.1 Å². The van der Waals surface area contributed by atoms with Crippen molar-refractivity contribution in [2.24, 2.45) is 0 Å². The summed E-state index contributed by atoms with van der Waals surface area (Å²) < 4.78 is 25.5. The molecule has 1 fully saturated rings. The Kier molecular flexibility index (Phi) is 2.76. The summed E-state index contributed by atoms with van der Waals surface area (Å²) in [6, 6.07) is 0. The molecule has 84 valence electrons. The minimum atomic E-state index is -3.33. The van der Waals surface area contributed by atoms with Gasteiger partial charge in [-0.25, -0.2) is 8.42 Å². The van der Waals surface area contributed by atoms with Crippen molar-refractivity contribution in [3.8, 4) is 0 Å². The molecule has 7 heteroatoms. The molecular weight excluding hydrogens is 216 g/mol. The summed E-state index contributed by atoms with van der Waals surface area (Å²) >= 11 is 0. The number of hydrogen-bond acceptors (Lipinski definition) is 4. The fourth-order valence-corrected chi connectivity index (χ4v) is 2.89. The molecule has 15 heavy (non-hydrogen) atoms. The van der Waals surface area contributed by atoms with Crippen LogP contribution in [0.3, 0.4) is 0 Å². The molecule has 0 spiro atoms. The molecule has 0 bridgehead atoms. The quantitative estimate of drug-likeness (QED) is 0.732. The molecule has 0 aliphatic carbocycles. The lowest BCUT2D eigenvalue weighted by Crippen LogP contribution is -2.46. The third-order valence-electron chi connectivity index (χ3n) is 2.57. The minimum Gasteiger partial charge on any atom is -0.304 e. The Morgan fingerprint density at radius 3 is 2.53 bits per heavy atom. The van der Waals surface area contributed by atoms with E-state index in [2.05, 4.69) is 15.1 Å². The Morgan fingerprint density at radius 2 is 2.00 bits per heavy atom. The van der Waals surface area contributed by atoms with E-state index >= 15 is 0 Å². The number of aromatic nitrogens is 2. The SMILES string of the molecule is CN1CCN(S(=O)(=O)c2cn[nH]c2)CC1. The molecule has 6 nitrogen and oxygen atoms in total. The molecule has 0 radical (unpaired) electrons. The van der Waals surface area contributed by atoms with Gasteiger partial charge >= 0.3 is 0 Å². The van der Waals surface area contributed by atoms with Crippen LogP contribution in [0.15, 0.2) is 17.3 Å². The zero-order chi connectivity index (χ0) is 10.9. The van der Waals surface area contributed by atoms with E-state index in [1.165, 1.54) is 16.7 Å². The molecule has 1 aromatic rings. The molecule has 1 aliphatic rings. The van der Waals surface area contributed by atoms with Gasteiger partial charge in [-0.1, -0.05) is 0 Å². The molecule has 0 amide bonds. The summed E-state index contributed by atoms with van der Waals surface area (Å²) in [4.78, 5) is 2.36. The Labute approximate surface area is 88.9 Å². The Bertz CT molecular complexity index is 406. The average Bonchev–Trinajstić information content (AvgIpc) is 2.71. The Morgan fingerprint density at radius 1 is 1.33 bits per heavy atom. The Balaban J connectivity index is 2.17. The summed E-state index contributed by atoms with van der Waals surface area (Å²) in [6.45, 7) is 2.64. The molecular formula is C8H14N4O2S. The predicted molar refractivity (Wildman–Crippen MR) is 54.8 cm³/mol. The van der Waals surface area contributed by atoms with Crippen molar-refractivity contribution >= 4 is 10.0 Å². The van der Waals surface area contributed by atoms with Crippen LogP contribution < -0.4 is 0 Å². The van der Waals surface area contributed by atoms with Crippen molar-refractivity contribution in [1.29, 1.82) is 0 Å². The predicted octanol–water partition coefficient (Wildman–Crippen LogP) is -0.654. The summed E-state index contributed by atoms with van der Waals surface area (Å²) in [6.07, 6.45) is 2.75. The normalized spacial score (nSPS) is 20.6. The number of likely N-dealkylation sites (N-methyl/N-ethyl adjacent to an activating group) is 1. The number of aromatic amines is 1. The number of H-pyrrole nitrogens is 1. The van der Waals surface area contributed by atoms with Crippen LogP contribution >= 0.6 is 0 Å². The maximum absolute atomic E-state index is 12.0. The molecule has 0 unspecified atom stereocenters. The van der Waals surface area contributed by atoms with Crippen molar-refractivity contribution in [1.82, 2.24) is 19.4 Å². The summed E-state index contributed by atoms with van der Waals surface area (Å²) in [7, 11) is -1.34. The van der Waals surface area contributed by atoms with Crippen molar-refractivity contribution in [3.05, 3.63) is 12.4 Å². The van der Waals surface area contributed by atoms with E-state index in [-0.39, 0.29) is 4.90 Å². The summed E-state index contributed by atoms with van der Waals surface area (Å²) in [5.41, 5.74) is 0. The van der Waals surface area contributed by atoms with Gasteiger partial charge in [-0.05, 0) is 7.05 Å². The monoisotopic (exact) mass is 230 g/mol. The van der Waals surface area contributed by atoms with Crippen LogP contribution in [-0.2, 0) is 10.0 Å². The van der Waals surface area contributed by atoms with Crippen LogP contribution in [0, 0.1) is 0 Å². The van der Waals surface area contributed by atoms with Crippen molar-refractivity contribution < 1.29 is 8.42 Å². The summed E-state index contributed by atoms with van der Waals surface area (Å²) in [5.74, 6) is 0. The molecule has 1 aliphatic heterocycles. The highest BCUT2D eigenvalue weighted by Crippen LogP contribution is 2.15. The first-order valence-corrected chi connectivity index (χ1v) is 6.22. The average molecular weight is 230 g/mol. The molecule has 0 atom stereocenters. The fraction of sp³-hybridized carbons (Fsp3) is 0.625.